The molecule has 1 heterocycles. The van der Waals surface area contributed by atoms with Crippen LogP contribution >= 0.6 is 12.4 Å². The molecule has 11 nitrogen and oxygen atoms in total. The van der Waals surface area contributed by atoms with Crippen molar-refractivity contribution in [3.63, 3.8) is 0 Å². The van der Waals surface area contributed by atoms with Gasteiger partial charge in [-0.2, -0.15) is 21.6 Å². The number of carbonyl (C=O) groups is 1. The van der Waals surface area contributed by atoms with Gasteiger partial charge in [-0.15, -0.1) is 16.8 Å². The van der Waals surface area contributed by atoms with Gasteiger partial charge in [0.25, 0.3) is 20.2 Å². The van der Waals surface area contributed by atoms with Crippen molar-refractivity contribution in [3.05, 3.63) is 59.2 Å². The smallest absolute Gasteiger partial charge is 0.299 e. The summed E-state index contributed by atoms with van der Waals surface area (Å²) in [6.07, 6.45) is 1.24. The highest BCUT2D eigenvalue weighted by atomic mass is 35.5. The second-order valence-electron chi connectivity index (χ2n) is 9.90. The lowest BCUT2D eigenvalue weighted by Crippen LogP contribution is -2.42. The highest BCUT2D eigenvalue weighted by Crippen LogP contribution is 2.44. The van der Waals surface area contributed by atoms with Crippen LogP contribution in [-0.4, -0.2) is 46.7 Å². The minimum absolute atomic E-state index is 0. The molecule has 0 spiro atoms. The lowest BCUT2D eigenvalue weighted by atomic mass is 9.66. The Morgan fingerprint density at radius 1 is 1.18 bits per heavy atom. The minimum Gasteiger partial charge on any atom is -0.506 e. The fourth-order valence-corrected chi connectivity index (χ4v) is 6.62. The van der Waals surface area contributed by atoms with Gasteiger partial charge in [0.05, 0.1) is 16.8 Å². The summed E-state index contributed by atoms with van der Waals surface area (Å²) in [5.74, 6) is -0.755. The molecule has 0 saturated carbocycles. The van der Waals surface area contributed by atoms with E-state index in [1.165, 1.54) is 12.1 Å². The topological polar surface area (TPSA) is 180 Å². The van der Waals surface area contributed by atoms with E-state index in [2.05, 4.69) is 33.0 Å². The fourth-order valence-electron chi connectivity index (χ4n) is 4.57. The molecule has 1 aliphatic carbocycles. The molecule has 2 aromatic rings. The van der Waals surface area contributed by atoms with Crippen LogP contribution in [0.1, 0.15) is 44.7 Å². The minimum atomic E-state index is -4.37. The van der Waals surface area contributed by atoms with Gasteiger partial charge in [0, 0.05) is 18.7 Å². The lowest BCUT2D eigenvalue weighted by molar-refractivity contribution is -0.120. The molecule has 14 heteroatoms. The highest BCUT2D eigenvalue weighted by Gasteiger charge is 2.46. The highest BCUT2D eigenvalue weighted by molar-refractivity contribution is 7.91. The van der Waals surface area contributed by atoms with Crippen molar-refractivity contribution in [1.29, 1.82) is 0 Å². The van der Waals surface area contributed by atoms with Gasteiger partial charge >= 0.3 is 0 Å². The molecule has 212 valence electrons. The Hall–Kier alpha value is -2.97. The summed E-state index contributed by atoms with van der Waals surface area (Å²) in [6.45, 7) is 5.99. The van der Waals surface area contributed by atoms with Crippen LogP contribution in [0.4, 0.5) is 11.4 Å². The van der Waals surface area contributed by atoms with Crippen molar-refractivity contribution in [2.45, 2.75) is 43.9 Å². The number of amidine groups is 1. The third kappa shape index (κ3) is 5.97. The van der Waals surface area contributed by atoms with Crippen LogP contribution in [-0.2, 0) is 30.4 Å². The molecule has 0 saturated heterocycles. The van der Waals surface area contributed by atoms with Crippen molar-refractivity contribution in [2.75, 3.05) is 23.1 Å². The van der Waals surface area contributed by atoms with Crippen molar-refractivity contribution >= 4 is 61.4 Å². The number of benzene rings is 2. The number of ketones is 1. The number of nitrogens with zero attached hydrogens (tertiary/aromatic N) is 1. The van der Waals surface area contributed by atoms with Gasteiger partial charge in [-0.1, -0.05) is 38.1 Å². The average Bonchev–Trinajstić information content (AvgIpc) is 2.85. The molecule has 4 rings (SSSR count). The van der Waals surface area contributed by atoms with Crippen LogP contribution < -0.4 is 20.5 Å². The van der Waals surface area contributed by atoms with Crippen LogP contribution in [0, 0.1) is 5.92 Å². The molecular formula is C25H32ClN5O6S2. The first kappa shape index (κ1) is 30.6. The number of Topliss-reactive ketones (excluding diaryl/α,β-unsaturated/α-hetero) is 1. The quantitative estimate of drug-likeness (QED) is 0.292. The third-order valence-corrected chi connectivity index (χ3v) is 9.02. The van der Waals surface area contributed by atoms with E-state index in [1.807, 2.05) is 0 Å². The number of nitrogens with two attached hydrogens (primary N) is 1. The number of aliphatic hydroxyl groups excluding tert-OH is 1. The number of fused-ring (bicyclic) bond motifs is 2. The predicted molar refractivity (Wildman–Crippen MR) is 154 cm³/mol. The van der Waals surface area contributed by atoms with E-state index in [9.17, 15) is 26.7 Å². The van der Waals surface area contributed by atoms with Gasteiger partial charge < -0.3 is 16.2 Å². The molecule has 39 heavy (non-hydrogen) atoms. The Labute approximate surface area is 234 Å². The second kappa shape index (κ2) is 11.3. The maximum atomic E-state index is 13.9. The zero-order valence-corrected chi connectivity index (χ0v) is 24.1. The molecule has 0 amide bonds. The molecule has 2 aromatic carbocycles. The van der Waals surface area contributed by atoms with E-state index in [-0.39, 0.29) is 58.9 Å². The van der Waals surface area contributed by atoms with Crippen LogP contribution in [0.2, 0.25) is 0 Å². The summed E-state index contributed by atoms with van der Waals surface area (Å²) in [4.78, 5) is 13.6. The molecule has 6 N–H and O–H groups in total. The second-order valence-corrected chi connectivity index (χ2v) is 13.0. The van der Waals surface area contributed by atoms with Gasteiger partial charge in [0.1, 0.15) is 16.2 Å². The first-order valence-corrected chi connectivity index (χ1v) is 15.0. The number of halogens is 1. The zero-order valence-electron chi connectivity index (χ0n) is 21.7. The molecule has 1 aliphatic heterocycles. The molecule has 1 unspecified atom stereocenters. The van der Waals surface area contributed by atoms with Crippen LogP contribution in [0.15, 0.2) is 57.3 Å². The van der Waals surface area contributed by atoms with Crippen molar-refractivity contribution < 1.29 is 26.7 Å². The Morgan fingerprint density at radius 3 is 2.54 bits per heavy atom. The number of sulfonamides is 1. The van der Waals surface area contributed by atoms with Crippen LogP contribution in [0.3, 0.4) is 0 Å². The Bertz CT molecular complexity index is 1570. The van der Waals surface area contributed by atoms with Crippen molar-refractivity contribution in [3.8, 4) is 0 Å². The van der Waals surface area contributed by atoms with E-state index in [0.29, 0.717) is 23.5 Å². The number of rotatable bonds is 9. The van der Waals surface area contributed by atoms with E-state index >= 15 is 0 Å². The fraction of sp³-hybridized carbons (Fsp3) is 0.360. The van der Waals surface area contributed by atoms with E-state index < -0.39 is 31.4 Å². The molecule has 0 radical (unpaired) electrons. The van der Waals surface area contributed by atoms with Crippen LogP contribution in [0.5, 0.6) is 0 Å². The summed E-state index contributed by atoms with van der Waals surface area (Å²) in [5, 5.41) is 14.0. The monoisotopic (exact) mass is 597 g/mol. The number of anilines is 2. The van der Waals surface area contributed by atoms with E-state index in [1.54, 1.807) is 31.2 Å². The number of carbonyl (C=O) groups excluding carboxylic acids is 1. The Morgan fingerprint density at radius 2 is 1.87 bits per heavy atom. The summed E-state index contributed by atoms with van der Waals surface area (Å²) in [7, 11) is -8.34. The van der Waals surface area contributed by atoms with Gasteiger partial charge in [0.2, 0.25) is 0 Å². The molecule has 0 aromatic heterocycles. The zero-order chi connectivity index (χ0) is 27.9. The summed E-state index contributed by atoms with van der Waals surface area (Å²) < 4.78 is 59.0. The van der Waals surface area contributed by atoms with E-state index in [4.69, 9.17) is 5.73 Å². The number of aliphatic hydroxyl groups is 1. The number of hydrogen-bond donors (Lipinski definition) is 5. The van der Waals surface area contributed by atoms with Gasteiger partial charge in [-0.05, 0) is 49.4 Å². The maximum absolute atomic E-state index is 13.9. The molecule has 0 bridgehead atoms. The SMILES string of the molecule is CC(C)CCC1(C)C(=O)C(C2=NS(=O)(=O)c3cc(NS(=O)(=O)NCCN)ccc3N2)=C(O)c2ccccc21.Cl. The van der Waals surface area contributed by atoms with E-state index in [0.717, 1.165) is 12.5 Å². The average molecular weight is 598 g/mol. The van der Waals surface area contributed by atoms with Crippen molar-refractivity contribution in [2.24, 2.45) is 16.0 Å². The lowest BCUT2D eigenvalue weighted by Gasteiger charge is -2.36. The molecule has 1 atom stereocenters. The first-order valence-electron chi connectivity index (χ1n) is 12.1. The van der Waals surface area contributed by atoms with Crippen molar-refractivity contribution in [1.82, 2.24) is 4.72 Å². The number of hydrogen-bond acceptors (Lipinski definition) is 8. The first-order chi connectivity index (χ1) is 17.8. The predicted octanol–water partition coefficient (Wildman–Crippen LogP) is 3.07. The van der Waals surface area contributed by atoms with Gasteiger partial charge in [-0.3, -0.25) is 9.52 Å². The Kier molecular flexibility index (Phi) is 8.82. The van der Waals surface area contributed by atoms with Crippen LogP contribution in [0.25, 0.3) is 5.76 Å². The largest absolute Gasteiger partial charge is 0.506 e. The maximum Gasteiger partial charge on any atom is 0.299 e. The third-order valence-electron chi connectivity index (χ3n) is 6.61. The Balaban J connectivity index is 0.00000420. The molecular weight excluding hydrogens is 566 g/mol. The molecule has 0 fully saturated rings. The number of nitrogens with one attached hydrogen (secondary N) is 3. The summed E-state index contributed by atoms with van der Waals surface area (Å²) in [5.41, 5.74) is 5.30. The summed E-state index contributed by atoms with van der Waals surface area (Å²) >= 11 is 0. The normalized spacial score (nSPS) is 19.9. The van der Waals surface area contributed by atoms with Gasteiger partial charge in [-0.25, -0.2) is 0 Å². The van der Waals surface area contributed by atoms with Gasteiger partial charge in [0.15, 0.2) is 11.6 Å². The standard InChI is InChI=1S/C25H31N5O6S2.ClH/c1-15(2)10-11-25(3)18-7-5-4-6-17(18)22(31)21(23(25)32)24-28-19-9-8-16(14-20(19)37(33,34)30-24)29-38(35,36)27-13-12-26;/h4-9,14-15,27,29,31H,10-13,26H2,1-3H3,(H,28,30);1H. The molecule has 2 aliphatic rings. The summed E-state index contributed by atoms with van der Waals surface area (Å²) in [6, 6.07) is 10.9.